The van der Waals surface area contributed by atoms with Crippen molar-refractivity contribution < 1.29 is 5.11 Å². The molecule has 0 amide bonds. The van der Waals surface area contributed by atoms with Gasteiger partial charge in [0.05, 0.1) is 0 Å². The molecule has 0 radical (unpaired) electrons. The average Bonchev–Trinajstić information content (AvgIpc) is 3.27. The van der Waals surface area contributed by atoms with Crippen LogP contribution in [-0.4, -0.2) is 25.1 Å². The molecule has 140 valence electrons. The van der Waals surface area contributed by atoms with Gasteiger partial charge in [0.1, 0.15) is 22.5 Å². The summed E-state index contributed by atoms with van der Waals surface area (Å²) in [6, 6.07) is 13.1. The Morgan fingerprint density at radius 1 is 1.00 bits per heavy atom. The highest BCUT2D eigenvalue weighted by Gasteiger charge is 2.22. The number of benzene rings is 2. The molecule has 2 aromatic carbocycles. The van der Waals surface area contributed by atoms with Gasteiger partial charge in [-0.15, -0.1) is 15.0 Å². The fourth-order valence-corrected chi connectivity index (χ4v) is 2.92. The molecule has 4 rings (SSSR count). The molecule has 0 aliphatic heterocycles. The zero-order valence-electron chi connectivity index (χ0n) is 15.9. The number of aromatic amines is 1. The summed E-state index contributed by atoms with van der Waals surface area (Å²) in [5, 5.41) is 20.1. The smallest absolute Gasteiger partial charge is 0.146 e. The van der Waals surface area contributed by atoms with Crippen molar-refractivity contribution in [3.8, 4) is 11.4 Å². The van der Waals surface area contributed by atoms with Crippen LogP contribution in [0.15, 0.2) is 54.9 Å². The lowest BCUT2D eigenvalue weighted by Gasteiger charge is -2.22. The SMILES string of the molecule is Cc1cc(-n2nc3ccc(Cl)cc3n2)c(O)c(C(C)(C)C)c1.c1cc[nH]c1. The van der Waals surface area contributed by atoms with Crippen LogP contribution in [0.5, 0.6) is 5.75 Å². The quantitative estimate of drug-likeness (QED) is 0.463. The van der Waals surface area contributed by atoms with Gasteiger partial charge in [-0.3, -0.25) is 0 Å². The Bertz CT molecular complexity index is 1030. The molecule has 0 aliphatic rings. The van der Waals surface area contributed by atoms with Crippen LogP contribution >= 0.6 is 11.6 Å². The van der Waals surface area contributed by atoms with Crippen LogP contribution in [0.3, 0.4) is 0 Å². The molecule has 0 atom stereocenters. The summed E-state index contributed by atoms with van der Waals surface area (Å²) >= 11 is 5.99. The van der Waals surface area contributed by atoms with Crippen molar-refractivity contribution in [3.63, 3.8) is 0 Å². The topological polar surface area (TPSA) is 66.7 Å². The Labute approximate surface area is 163 Å². The Hall–Kier alpha value is -2.79. The summed E-state index contributed by atoms with van der Waals surface area (Å²) in [5.41, 5.74) is 3.78. The number of aryl methyl sites for hydroxylation is 1. The number of nitrogens with zero attached hydrogens (tertiary/aromatic N) is 3. The van der Waals surface area contributed by atoms with E-state index < -0.39 is 0 Å². The van der Waals surface area contributed by atoms with Crippen molar-refractivity contribution in [1.82, 2.24) is 20.0 Å². The van der Waals surface area contributed by atoms with E-state index in [0.717, 1.165) is 16.6 Å². The third kappa shape index (κ3) is 4.31. The van der Waals surface area contributed by atoms with E-state index in [2.05, 4.69) is 36.0 Å². The summed E-state index contributed by atoms with van der Waals surface area (Å²) in [4.78, 5) is 4.33. The first-order chi connectivity index (χ1) is 12.8. The van der Waals surface area contributed by atoms with Crippen LogP contribution in [0.25, 0.3) is 16.7 Å². The lowest BCUT2D eigenvalue weighted by Crippen LogP contribution is -2.13. The molecule has 2 N–H and O–H groups in total. The zero-order chi connectivity index (χ0) is 19.6. The van der Waals surface area contributed by atoms with Crippen LogP contribution in [0, 0.1) is 6.92 Å². The normalized spacial score (nSPS) is 11.3. The fourth-order valence-electron chi connectivity index (χ4n) is 2.76. The number of phenols is 1. The minimum Gasteiger partial charge on any atom is -0.505 e. The highest BCUT2D eigenvalue weighted by Crippen LogP contribution is 2.36. The molecule has 0 bridgehead atoms. The second kappa shape index (κ2) is 7.45. The molecular weight excluding hydrogens is 360 g/mol. The van der Waals surface area contributed by atoms with Crippen molar-refractivity contribution in [2.45, 2.75) is 33.1 Å². The Balaban J connectivity index is 0.000000364. The van der Waals surface area contributed by atoms with Gasteiger partial charge in [-0.25, -0.2) is 0 Å². The van der Waals surface area contributed by atoms with Gasteiger partial charge in [0.25, 0.3) is 0 Å². The van der Waals surface area contributed by atoms with Crippen LogP contribution in [0.2, 0.25) is 5.02 Å². The minimum absolute atomic E-state index is 0.166. The predicted molar refractivity (Wildman–Crippen MR) is 110 cm³/mol. The Kier molecular flexibility index (Phi) is 5.24. The highest BCUT2D eigenvalue weighted by molar-refractivity contribution is 6.31. The van der Waals surface area contributed by atoms with E-state index in [9.17, 15) is 5.11 Å². The molecule has 0 spiro atoms. The molecule has 2 heterocycles. The van der Waals surface area contributed by atoms with Gasteiger partial charge in [-0.05, 0) is 54.3 Å². The maximum Gasteiger partial charge on any atom is 0.146 e. The van der Waals surface area contributed by atoms with E-state index in [1.165, 1.54) is 4.80 Å². The first kappa shape index (κ1) is 19.0. The maximum atomic E-state index is 10.7. The highest BCUT2D eigenvalue weighted by atomic mass is 35.5. The molecule has 27 heavy (non-hydrogen) atoms. The van der Waals surface area contributed by atoms with E-state index in [1.54, 1.807) is 12.1 Å². The van der Waals surface area contributed by atoms with Gasteiger partial charge in [-0.2, -0.15) is 0 Å². The molecular formula is C21H23ClN4O. The lowest BCUT2D eigenvalue weighted by atomic mass is 9.85. The number of fused-ring (bicyclic) bond motifs is 1. The molecule has 2 aromatic heterocycles. The fraction of sp³-hybridized carbons (Fsp3) is 0.238. The number of aromatic hydroxyl groups is 1. The van der Waals surface area contributed by atoms with Crippen LogP contribution in [0.1, 0.15) is 31.9 Å². The lowest BCUT2D eigenvalue weighted by molar-refractivity contribution is 0.440. The summed E-state index contributed by atoms with van der Waals surface area (Å²) in [6.07, 6.45) is 3.75. The van der Waals surface area contributed by atoms with Gasteiger partial charge < -0.3 is 10.1 Å². The van der Waals surface area contributed by atoms with E-state index in [1.807, 2.05) is 49.6 Å². The van der Waals surface area contributed by atoms with Crippen LogP contribution < -0.4 is 0 Å². The third-order valence-electron chi connectivity index (χ3n) is 4.10. The molecule has 6 heteroatoms. The number of hydrogen-bond acceptors (Lipinski definition) is 3. The summed E-state index contributed by atoms with van der Waals surface area (Å²) in [5.74, 6) is 0.213. The number of H-pyrrole nitrogens is 1. The third-order valence-corrected chi connectivity index (χ3v) is 4.33. The molecule has 0 saturated heterocycles. The molecule has 4 aromatic rings. The summed E-state index contributed by atoms with van der Waals surface area (Å²) < 4.78 is 0. The van der Waals surface area contributed by atoms with E-state index in [4.69, 9.17) is 11.6 Å². The first-order valence-electron chi connectivity index (χ1n) is 8.70. The monoisotopic (exact) mass is 382 g/mol. The van der Waals surface area contributed by atoms with Gasteiger partial charge in [-0.1, -0.05) is 38.4 Å². The number of hydrogen-bond donors (Lipinski definition) is 2. The van der Waals surface area contributed by atoms with E-state index in [-0.39, 0.29) is 11.2 Å². The molecule has 0 unspecified atom stereocenters. The van der Waals surface area contributed by atoms with Crippen molar-refractivity contribution in [1.29, 1.82) is 0 Å². The second-order valence-electron chi connectivity index (χ2n) is 7.44. The Morgan fingerprint density at radius 2 is 1.67 bits per heavy atom. The predicted octanol–water partition coefficient (Wildman–Crippen LogP) is 5.40. The molecule has 0 aliphatic carbocycles. The molecule has 0 fully saturated rings. The molecule has 0 saturated carbocycles. The van der Waals surface area contributed by atoms with Crippen molar-refractivity contribution in [2.75, 3.05) is 0 Å². The minimum atomic E-state index is -0.166. The van der Waals surface area contributed by atoms with Gasteiger partial charge >= 0.3 is 0 Å². The largest absolute Gasteiger partial charge is 0.505 e. The summed E-state index contributed by atoms with van der Waals surface area (Å²) in [7, 11) is 0. The van der Waals surface area contributed by atoms with Crippen LogP contribution in [0.4, 0.5) is 0 Å². The number of halogens is 1. The number of nitrogens with one attached hydrogen (secondary N) is 1. The van der Waals surface area contributed by atoms with Crippen molar-refractivity contribution in [2.24, 2.45) is 0 Å². The standard InChI is InChI=1S/C17H18ClN3O.C4H5N/c1-10-7-12(17(2,3)4)16(22)15(8-10)21-19-13-6-5-11(18)9-14(13)20-21;1-2-4-5-3-1/h5-9,22H,1-4H3;1-5H. The van der Waals surface area contributed by atoms with E-state index in [0.29, 0.717) is 16.2 Å². The van der Waals surface area contributed by atoms with E-state index >= 15 is 0 Å². The number of phenolic OH excluding ortho intramolecular Hbond substituents is 1. The van der Waals surface area contributed by atoms with Gasteiger partial charge in [0.2, 0.25) is 0 Å². The first-order valence-corrected chi connectivity index (χ1v) is 9.08. The van der Waals surface area contributed by atoms with Gasteiger partial charge in [0.15, 0.2) is 0 Å². The number of rotatable bonds is 1. The van der Waals surface area contributed by atoms with Gasteiger partial charge in [0, 0.05) is 23.0 Å². The number of aromatic nitrogens is 4. The second-order valence-corrected chi connectivity index (χ2v) is 7.87. The van der Waals surface area contributed by atoms with Crippen molar-refractivity contribution >= 4 is 22.6 Å². The van der Waals surface area contributed by atoms with Crippen LogP contribution in [-0.2, 0) is 5.41 Å². The zero-order valence-corrected chi connectivity index (χ0v) is 16.6. The van der Waals surface area contributed by atoms with Crippen molar-refractivity contribution in [3.05, 3.63) is 71.0 Å². The Morgan fingerprint density at radius 3 is 2.26 bits per heavy atom. The summed E-state index contributed by atoms with van der Waals surface area (Å²) in [6.45, 7) is 8.20. The maximum absolute atomic E-state index is 10.7. The average molecular weight is 383 g/mol. The molecule has 5 nitrogen and oxygen atoms in total.